The number of Topliss-reactive ketones (excluding diaryl/α,β-unsaturated/α-hetero) is 1. The zero-order valence-corrected chi connectivity index (χ0v) is 12.3. The minimum atomic E-state index is 0.156. The topological polar surface area (TPSA) is 37.4 Å². The van der Waals surface area contributed by atoms with E-state index in [4.69, 9.17) is 0 Å². The molecule has 3 heteroatoms. The van der Waals surface area contributed by atoms with Crippen molar-refractivity contribution < 1.29 is 9.59 Å². The number of piperidine rings is 1. The van der Waals surface area contributed by atoms with Crippen molar-refractivity contribution in [3.05, 3.63) is 0 Å². The summed E-state index contributed by atoms with van der Waals surface area (Å²) in [4.78, 5) is 25.5. The molecule has 104 valence electrons. The van der Waals surface area contributed by atoms with Gasteiger partial charge in [0.2, 0.25) is 5.91 Å². The van der Waals surface area contributed by atoms with Crippen molar-refractivity contribution in [1.29, 1.82) is 0 Å². The lowest BCUT2D eigenvalue weighted by Crippen LogP contribution is -2.44. The lowest BCUT2D eigenvalue weighted by atomic mass is 9.89. The Hall–Kier alpha value is -0.860. The maximum atomic E-state index is 12.3. The van der Waals surface area contributed by atoms with E-state index in [2.05, 4.69) is 20.8 Å². The van der Waals surface area contributed by atoms with Gasteiger partial charge in [-0.15, -0.1) is 0 Å². The van der Waals surface area contributed by atoms with E-state index < -0.39 is 0 Å². The Kier molecular flexibility index (Phi) is 5.36. The zero-order valence-electron chi connectivity index (χ0n) is 12.3. The number of carbonyl (C=O) groups is 2. The van der Waals surface area contributed by atoms with Crippen LogP contribution in [0.3, 0.4) is 0 Å². The van der Waals surface area contributed by atoms with E-state index in [1.807, 2.05) is 4.90 Å². The lowest BCUT2D eigenvalue weighted by molar-refractivity contribution is -0.136. The predicted octanol–water partition coefficient (Wildman–Crippen LogP) is 3.17. The van der Waals surface area contributed by atoms with Crippen LogP contribution in [0, 0.1) is 5.41 Å². The summed E-state index contributed by atoms with van der Waals surface area (Å²) in [5.41, 5.74) is 0.196. The first kappa shape index (κ1) is 15.2. The first-order chi connectivity index (χ1) is 8.29. The minimum absolute atomic E-state index is 0.156. The van der Waals surface area contributed by atoms with Crippen molar-refractivity contribution in [3.63, 3.8) is 0 Å². The molecule has 1 atom stereocenters. The number of carbonyl (C=O) groups excluding carboxylic acids is 2. The van der Waals surface area contributed by atoms with Crippen molar-refractivity contribution in [2.45, 2.75) is 72.3 Å². The van der Waals surface area contributed by atoms with Gasteiger partial charge < -0.3 is 4.90 Å². The third-order valence-corrected chi connectivity index (χ3v) is 3.56. The number of rotatable bonds is 4. The van der Waals surface area contributed by atoms with Crippen LogP contribution < -0.4 is 0 Å². The summed E-state index contributed by atoms with van der Waals surface area (Å²) in [5, 5.41) is 0. The molecule has 1 fully saturated rings. The van der Waals surface area contributed by atoms with E-state index in [1.165, 1.54) is 0 Å². The van der Waals surface area contributed by atoms with Gasteiger partial charge >= 0.3 is 0 Å². The molecule has 0 spiro atoms. The molecule has 0 bridgehead atoms. The van der Waals surface area contributed by atoms with Gasteiger partial charge in [-0.2, -0.15) is 0 Å². The van der Waals surface area contributed by atoms with Gasteiger partial charge in [0, 0.05) is 25.4 Å². The van der Waals surface area contributed by atoms with Gasteiger partial charge in [-0.05, 0) is 38.0 Å². The number of amides is 1. The number of nitrogens with zero attached hydrogens (tertiary/aromatic N) is 1. The smallest absolute Gasteiger partial charge is 0.222 e. The SMILES string of the molecule is CC(=O)CC1CCCCN1C(=O)CCC(C)(C)C. The lowest BCUT2D eigenvalue weighted by Gasteiger charge is -2.36. The molecule has 0 aromatic heterocycles. The Morgan fingerprint density at radius 1 is 1.22 bits per heavy atom. The standard InChI is InChI=1S/C15H27NO2/c1-12(17)11-13-7-5-6-10-16(13)14(18)8-9-15(2,3)4/h13H,5-11H2,1-4H3. The molecule has 1 heterocycles. The molecule has 1 rings (SSSR count). The van der Waals surface area contributed by atoms with Gasteiger partial charge in [0.1, 0.15) is 5.78 Å². The summed E-state index contributed by atoms with van der Waals surface area (Å²) in [7, 11) is 0. The van der Waals surface area contributed by atoms with Crippen LogP contribution in [-0.4, -0.2) is 29.2 Å². The Labute approximate surface area is 111 Å². The van der Waals surface area contributed by atoms with E-state index in [0.29, 0.717) is 12.8 Å². The van der Waals surface area contributed by atoms with E-state index in [0.717, 1.165) is 32.2 Å². The molecule has 0 aromatic rings. The summed E-state index contributed by atoms with van der Waals surface area (Å²) >= 11 is 0. The second-order valence-corrected chi connectivity index (χ2v) is 6.70. The fraction of sp³-hybridized carbons (Fsp3) is 0.867. The van der Waals surface area contributed by atoms with Crippen molar-refractivity contribution >= 4 is 11.7 Å². The normalized spacial score (nSPS) is 20.9. The second-order valence-electron chi connectivity index (χ2n) is 6.70. The summed E-state index contributed by atoms with van der Waals surface area (Å²) in [6, 6.07) is 0.156. The number of ketones is 1. The van der Waals surface area contributed by atoms with Gasteiger partial charge in [0.05, 0.1) is 0 Å². The van der Waals surface area contributed by atoms with Gasteiger partial charge in [-0.25, -0.2) is 0 Å². The molecule has 0 radical (unpaired) electrons. The second kappa shape index (κ2) is 6.35. The highest BCUT2D eigenvalue weighted by Crippen LogP contribution is 2.25. The van der Waals surface area contributed by atoms with E-state index in [1.54, 1.807) is 6.92 Å². The maximum Gasteiger partial charge on any atom is 0.222 e. The monoisotopic (exact) mass is 253 g/mol. The Morgan fingerprint density at radius 2 is 1.89 bits per heavy atom. The molecule has 3 nitrogen and oxygen atoms in total. The van der Waals surface area contributed by atoms with Crippen LogP contribution in [0.2, 0.25) is 0 Å². The Balaban J connectivity index is 2.54. The van der Waals surface area contributed by atoms with Crippen LogP contribution in [-0.2, 0) is 9.59 Å². The van der Waals surface area contributed by atoms with Gasteiger partial charge in [0.25, 0.3) is 0 Å². The van der Waals surface area contributed by atoms with Gasteiger partial charge in [-0.3, -0.25) is 9.59 Å². The van der Waals surface area contributed by atoms with Crippen LogP contribution in [0.25, 0.3) is 0 Å². The molecule has 1 amide bonds. The third kappa shape index (κ3) is 5.19. The molecule has 1 aliphatic heterocycles. The van der Waals surface area contributed by atoms with Crippen LogP contribution >= 0.6 is 0 Å². The van der Waals surface area contributed by atoms with Crippen LogP contribution in [0.5, 0.6) is 0 Å². The zero-order chi connectivity index (χ0) is 13.8. The largest absolute Gasteiger partial charge is 0.339 e. The number of likely N-dealkylation sites (tertiary alicyclic amines) is 1. The fourth-order valence-electron chi connectivity index (χ4n) is 2.50. The summed E-state index contributed by atoms with van der Waals surface area (Å²) < 4.78 is 0. The minimum Gasteiger partial charge on any atom is -0.339 e. The van der Waals surface area contributed by atoms with E-state index in [-0.39, 0.29) is 23.1 Å². The molecule has 1 saturated heterocycles. The highest BCUT2D eigenvalue weighted by Gasteiger charge is 2.27. The summed E-state index contributed by atoms with van der Waals surface area (Å²) in [5.74, 6) is 0.423. The molecular weight excluding hydrogens is 226 g/mol. The van der Waals surface area contributed by atoms with Gasteiger partial charge in [0.15, 0.2) is 0 Å². The predicted molar refractivity (Wildman–Crippen MR) is 73.3 cm³/mol. The van der Waals surface area contributed by atoms with Gasteiger partial charge in [-0.1, -0.05) is 20.8 Å². The molecule has 18 heavy (non-hydrogen) atoms. The Morgan fingerprint density at radius 3 is 2.44 bits per heavy atom. The van der Waals surface area contributed by atoms with E-state index in [9.17, 15) is 9.59 Å². The highest BCUT2D eigenvalue weighted by atomic mass is 16.2. The molecule has 0 saturated carbocycles. The molecule has 1 unspecified atom stereocenters. The molecule has 1 aliphatic rings. The summed E-state index contributed by atoms with van der Waals surface area (Å²) in [6.45, 7) is 8.92. The average Bonchev–Trinajstić information content (AvgIpc) is 2.25. The van der Waals surface area contributed by atoms with Crippen LogP contribution in [0.15, 0.2) is 0 Å². The maximum absolute atomic E-state index is 12.3. The molecule has 0 aliphatic carbocycles. The first-order valence-electron chi connectivity index (χ1n) is 7.08. The van der Waals surface area contributed by atoms with Crippen molar-refractivity contribution in [2.24, 2.45) is 5.41 Å². The number of hydrogen-bond acceptors (Lipinski definition) is 2. The average molecular weight is 253 g/mol. The quantitative estimate of drug-likeness (QED) is 0.771. The van der Waals surface area contributed by atoms with Crippen LogP contribution in [0.4, 0.5) is 0 Å². The van der Waals surface area contributed by atoms with Crippen LogP contribution in [0.1, 0.15) is 66.2 Å². The number of hydrogen-bond donors (Lipinski definition) is 0. The van der Waals surface area contributed by atoms with E-state index >= 15 is 0 Å². The first-order valence-corrected chi connectivity index (χ1v) is 7.08. The Bertz CT molecular complexity index is 304. The third-order valence-electron chi connectivity index (χ3n) is 3.56. The fourth-order valence-corrected chi connectivity index (χ4v) is 2.50. The van der Waals surface area contributed by atoms with Crippen molar-refractivity contribution in [2.75, 3.05) is 6.54 Å². The van der Waals surface area contributed by atoms with Crippen molar-refractivity contribution in [3.8, 4) is 0 Å². The summed E-state index contributed by atoms with van der Waals surface area (Å²) in [6.07, 6.45) is 5.26. The molecular formula is C15H27NO2. The molecule has 0 aromatic carbocycles. The highest BCUT2D eigenvalue weighted by molar-refractivity contribution is 5.79. The molecule has 0 N–H and O–H groups in total. The van der Waals surface area contributed by atoms with Crippen molar-refractivity contribution in [1.82, 2.24) is 4.90 Å².